The smallest absolute Gasteiger partial charge is 0.243 e. The van der Waals surface area contributed by atoms with Crippen molar-refractivity contribution in [2.45, 2.75) is 12.8 Å². The summed E-state index contributed by atoms with van der Waals surface area (Å²) in [6, 6.07) is 9.25. The molecule has 1 aliphatic rings. The summed E-state index contributed by atoms with van der Waals surface area (Å²) < 4.78 is 0. The van der Waals surface area contributed by atoms with Gasteiger partial charge < -0.3 is 15.5 Å². The molecule has 0 radical (unpaired) electrons. The molecule has 0 bridgehead atoms. The van der Waals surface area contributed by atoms with E-state index in [1.54, 1.807) is 7.05 Å². The standard InChI is InChI=1S/C15H21N3O2.ClH/c1-18(15(20)9-12-7-8-16-10-12)11-14(19)17-13-5-3-2-4-6-13;/h2-6,12,16H,7-11H2,1H3,(H,17,19);1H. The Morgan fingerprint density at radius 2 is 2.05 bits per heavy atom. The molecule has 1 atom stereocenters. The average Bonchev–Trinajstić information content (AvgIpc) is 2.92. The number of hydrogen-bond acceptors (Lipinski definition) is 3. The first-order chi connectivity index (χ1) is 9.65. The maximum atomic E-state index is 12.0. The van der Waals surface area contributed by atoms with Crippen LogP contribution in [0.25, 0.3) is 0 Å². The highest BCUT2D eigenvalue weighted by atomic mass is 35.5. The van der Waals surface area contributed by atoms with E-state index in [0.29, 0.717) is 12.3 Å². The topological polar surface area (TPSA) is 61.4 Å². The maximum Gasteiger partial charge on any atom is 0.243 e. The molecule has 21 heavy (non-hydrogen) atoms. The minimum absolute atomic E-state index is 0. The molecule has 1 aromatic carbocycles. The normalized spacial score (nSPS) is 16.9. The molecule has 0 aromatic heterocycles. The Balaban J connectivity index is 0.00000220. The SMILES string of the molecule is CN(CC(=O)Nc1ccccc1)C(=O)CC1CCNC1.Cl. The summed E-state index contributed by atoms with van der Waals surface area (Å²) in [6.45, 7) is 1.97. The molecule has 2 rings (SSSR count). The second kappa shape index (κ2) is 8.64. The Morgan fingerprint density at radius 3 is 2.67 bits per heavy atom. The number of carbonyl (C=O) groups excluding carboxylic acids is 2. The third kappa shape index (κ3) is 5.73. The van der Waals surface area contributed by atoms with E-state index in [-0.39, 0.29) is 30.8 Å². The highest BCUT2D eigenvalue weighted by Crippen LogP contribution is 2.13. The summed E-state index contributed by atoms with van der Waals surface area (Å²) in [6.07, 6.45) is 1.55. The highest BCUT2D eigenvalue weighted by Gasteiger charge is 2.21. The number of anilines is 1. The van der Waals surface area contributed by atoms with Gasteiger partial charge in [-0.15, -0.1) is 12.4 Å². The van der Waals surface area contributed by atoms with Crippen LogP contribution in [0.2, 0.25) is 0 Å². The summed E-state index contributed by atoms with van der Waals surface area (Å²) in [7, 11) is 1.68. The molecule has 0 spiro atoms. The van der Waals surface area contributed by atoms with Crippen molar-refractivity contribution in [1.29, 1.82) is 0 Å². The number of hydrogen-bond donors (Lipinski definition) is 2. The van der Waals surface area contributed by atoms with Gasteiger partial charge in [-0.2, -0.15) is 0 Å². The van der Waals surface area contributed by atoms with Gasteiger partial charge in [-0.25, -0.2) is 0 Å². The molecule has 2 amide bonds. The molecule has 1 fully saturated rings. The number of amides is 2. The Bertz CT molecular complexity index is 461. The molecule has 2 N–H and O–H groups in total. The van der Waals surface area contributed by atoms with Crippen molar-refractivity contribution in [3.63, 3.8) is 0 Å². The third-order valence-corrected chi connectivity index (χ3v) is 3.49. The first kappa shape index (κ1) is 17.5. The Hall–Kier alpha value is -1.59. The fraction of sp³-hybridized carbons (Fsp3) is 0.467. The summed E-state index contributed by atoms with van der Waals surface area (Å²) in [5, 5.41) is 6.02. The van der Waals surface area contributed by atoms with Crippen LogP contribution in [0.4, 0.5) is 5.69 Å². The summed E-state index contributed by atoms with van der Waals surface area (Å²) in [5.74, 6) is 0.264. The van der Waals surface area contributed by atoms with E-state index >= 15 is 0 Å². The molecule has 116 valence electrons. The summed E-state index contributed by atoms with van der Waals surface area (Å²) >= 11 is 0. The number of benzene rings is 1. The van der Waals surface area contributed by atoms with Crippen molar-refractivity contribution in [3.05, 3.63) is 30.3 Å². The minimum atomic E-state index is -0.170. The monoisotopic (exact) mass is 311 g/mol. The third-order valence-electron chi connectivity index (χ3n) is 3.49. The van der Waals surface area contributed by atoms with Crippen molar-refractivity contribution in [2.24, 2.45) is 5.92 Å². The lowest BCUT2D eigenvalue weighted by Gasteiger charge is -2.18. The van der Waals surface area contributed by atoms with Crippen molar-refractivity contribution in [2.75, 3.05) is 32.0 Å². The van der Waals surface area contributed by atoms with Gasteiger partial charge in [-0.1, -0.05) is 18.2 Å². The molecule has 5 nitrogen and oxygen atoms in total. The lowest BCUT2D eigenvalue weighted by Crippen LogP contribution is -2.36. The second-order valence-corrected chi connectivity index (χ2v) is 5.23. The van der Waals surface area contributed by atoms with Crippen LogP contribution in [0.5, 0.6) is 0 Å². The number of halogens is 1. The fourth-order valence-corrected chi connectivity index (χ4v) is 2.32. The Labute approximate surface area is 131 Å². The largest absolute Gasteiger partial charge is 0.336 e. The van der Waals surface area contributed by atoms with Gasteiger partial charge in [0.05, 0.1) is 6.54 Å². The highest BCUT2D eigenvalue weighted by molar-refractivity contribution is 5.94. The van der Waals surface area contributed by atoms with E-state index < -0.39 is 0 Å². The molecule has 0 saturated carbocycles. The van der Waals surface area contributed by atoms with Crippen LogP contribution < -0.4 is 10.6 Å². The molecule has 1 aromatic rings. The quantitative estimate of drug-likeness (QED) is 0.866. The molecule has 1 saturated heterocycles. The molecule has 1 aliphatic heterocycles. The zero-order valence-corrected chi connectivity index (χ0v) is 13.0. The van der Waals surface area contributed by atoms with Crippen LogP contribution in [0, 0.1) is 5.92 Å². The van der Waals surface area contributed by atoms with Gasteiger partial charge in [-0.05, 0) is 37.6 Å². The van der Waals surface area contributed by atoms with Crippen molar-refractivity contribution in [1.82, 2.24) is 10.2 Å². The zero-order chi connectivity index (χ0) is 14.4. The minimum Gasteiger partial charge on any atom is -0.336 e. The van der Waals surface area contributed by atoms with Gasteiger partial charge >= 0.3 is 0 Å². The van der Waals surface area contributed by atoms with E-state index in [1.165, 1.54) is 4.90 Å². The zero-order valence-electron chi connectivity index (χ0n) is 12.2. The van der Waals surface area contributed by atoms with Crippen molar-refractivity contribution >= 4 is 29.9 Å². The van der Waals surface area contributed by atoms with E-state index in [4.69, 9.17) is 0 Å². The summed E-state index contributed by atoms with van der Waals surface area (Å²) in [5.41, 5.74) is 0.748. The predicted molar refractivity (Wildman–Crippen MR) is 85.6 cm³/mol. The number of nitrogens with zero attached hydrogens (tertiary/aromatic N) is 1. The van der Waals surface area contributed by atoms with Crippen LogP contribution in [0.15, 0.2) is 30.3 Å². The van der Waals surface area contributed by atoms with E-state index in [9.17, 15) is 9.59 Å². The second-order valence-electron chi connectivity index (χ2n) is 5.23. The van der Waals surface area contributed by atoms with E-state index in [2.05, 4.69) is 10.6 Å². The lowest BCUT2D eigenvalue weighted by atomic mass is 10.0. The fourth-order valence-electron chi connectivity index (χ4n) is 2.32. The predicted octanol–water partition coefficient (Wildman–Crippen LogP) is 1.50. The number of para-hydroxylation sites is 1. The molecule has 1 heterocycles. The Morgan fingerprint density at radius 1 is 1.33 bits per heavy atom. The number of carbonyl (C=O) groups is 2. The van der Waals surface area contributed by atoms with Crippen LogP contribution in [-0.4, -0.2) is 43.4 Å². The number of rotatable bonds is 5. The van der Waals surface area contributed by atoms with Gasteiger partial charge in [-0.3, -0.25) is 9.59 Å². The Kier molecular flexibility index (Phi) is 7.19. The van der Waals surface area contributed by atoms with Gasteiger partial charge in [0.15, 0.2) is 0 Å². The summed E-state index contributed by atoms with van der Waals surface area (Å²) in [4.78, 5) is 25.3. The molecular weight excluding hydrogens is 290 g/mol. The van der Waals surface area contributed by atoms with Gasteiger partial charge in [0.1, 0.15) is 0 Å². The molecular formula is C15H22ClN3O2. The van der Waals surface area contributed by atoms with Crippen molar-refractivity contribution < 1.29 is 9.59 Å². The van der Waals surface area contributed by atoms with Crippen LogP contribution in [0.3, 0.4) is 0 Å². The van der Waals surface area contributed by atoms with E-state index in [1.807, 2.05) is 30.3 Å². The van der Waals surface area contributed by atoms with Crippen LogP contribution in [0.1, 0.15) is 12.8 Å². The lowest BCUT2D eigenvalue weighted by molar-refractivity contribution is -0.134. The van der Waals surface area contributed by atoms with Crippen molar-refractivity contribution in [3.8, 4) is 0 Å². The first-order valence-electron chi connectivity index (χ1n) is 6.94. The van der Waals surface area contributed by atoms with Gasteiger partial charge in [0, 0.05) is 19.2 Å². The number of likely N-dealkylation sites (N-methyl/N-ethyl adjacent to an activating group) is 1. The molecule has 1 unspecified atom stereocenters. The molecule has 6 heteroatoms. The van der Waals surface area contributed by atoms with Crippen LogP contribution in [-0.2, 0) is 9.59 Å². The number of nitrogens with one attached hydrogen (secondary N) is 2. The first-order valence-corrected chi connectivity index (χ1v) is 6.94. The van der Waals surface area contributed by atoms with Gasteiger partial charge in [0.2, 0.25) is 11.8 Å². The maximum absolute atomic E-state index is 12.0. The van der Waals surface area contributed by atoms with Crippen LogP contribution >= 0.6 is 12.4 Å². The van der Waals surface area contributed by atoms with E-state index in [0.717, 1.165) is 25.2 Å². The van der Waals surface area contributed by atoms with Gasteiger partial charge in [0.25, 0.3) is 0 Å². The molecule has 0 aliphatic carbocycles. The average molecular weight is 312 g/mol.